The zero-order chi connectivity index (χ0) is 11.4. The third-order valence-corrected chi connectivity index (χ3v) is 4.28. The topological polar surface area (TPSA) is 50.9 Å². The van der Waals surface area contributed by atoms with Gasteiger partial charge in [0.25, 0.3) is 0 Å². The molecule has 1 aromatic rings. The first-order valence-corrected chi connectivity index (χ1v) is 7.07. The van der Waals surface area contributed by atoms with E-state index in [9.17, 15) is 0 Å². The van der Waals surface area contributed by atoms with E-state index in [1.807, 2.05) is 23.9 Å². The fraction of sp³-hybridized carbons (Fsp3) is 0.583. The molecule has 3 nitrogen and oxygen atoms in total. The lowest BCUT2D eigenvalue weighted by Crippen LogP contribution is -2.27. The number of aromatic nitrogens is 1. The predicted octanol–water partition coefficient (Wildman–Crippen LogP) is 2.75. The summed E-state index contributed by atoms with van der Waals surface area (Å²) in [4.78, 5) is 4.27. The molecule has 1 aromatic heterocycles. The van der Waals surface area contributed by atoms with Crippen LogP contribution in [0.25, 0.3) is 0 Å². The van der Waals surface area contributed by atoms with E-state index in [1.54, 1.807) is 6.20 Å². The van der Waals surface area contributed by atoms with Crippen molar-refractivity contribution in [2.45, 2.75) is 37.0 Å². The number of nitrogens with zero attached hydrogens (tertiary/aromatic N) is 1. The molecule has 2 rings (SSSR count). The van der Waals surface area contributed by atoms with Gasteiger partial charge in [-0.2, -0.15) is 11.8 Å². The van der Waals surface area contributed by atoms with Crippen LogP contribution in [-0.4, -0.2) is 22.5 Å². The Kier molecular flexibility index (Phi) is 3.93. The Hall–Kier alpha value is -0.900. The normalized spacial score (nSPS) is 25.3. The van der Waals surface area contributed by atoms with Gasteiger partial charge in [0, 0.05) is 11.3 Å². The second kappa shape index (κ2) is 5.43. The lowest BCUT2D eigenvalue weighted by Gasteiger charge is -2.28. The molecule has 1 aliphatic rings. The largest absolute Gasteiger partial charge is 0.397 e. The minimum absolute atomic E-state index is 0.583. The molecule has 1 saturated carbocycles. The SMILES string of the molecule is CSC1CCC(Nc2ccc(N)cn2)CC1. The highest BCUT2D eigenvalue weighted by Crippen LogP contribution is 2.28. The Morgan fingerprint density at radius 1 is 1.31 bits per heavy atom. The van der Waals surface area contributed by atoms with Gasteiger partial charge in [0.15, 0.2) is 0 Å². The van der Waals surface area contributed by atoms with Crippen molar-refractivity contribution in [1.82, 2.24) is 4.98 Å². The van der Waals surface area contributed by atoms with Crippen molar-refractivity contribution in [3.05, 3.63) is 18.3 Å². The summed E-state index contributed by atoms with van der Waals surface area (Å²) in [6.07, 6.45) is 9.03. The van der Waals surface area contributed by atoms with Crippen LogP contribution >= 0.6 is 11.8 Å². The number of pyridine rings is 1. The molecule has 0 aromatic carbocycles. The minimum Gasteiger partial charge on any atom is -0.397 e. The quantitative estimate of drug-likeness (QED) is 0.848. The average Bonchev–Trinajstić information content (AvgIpc) is 2.33. The van der Waals surface area contributed by atoms with Crippen LogP contribution in [-0.2, 0) is 0 Å². The van der Waals surface area contributed by atoms with Gasteiger partial charge >= 0.3 is 0 Å². The zero-order valence-electron chi connectivity index (χ0n) is 9.65. The summed E-state index contributed by atoms with van der Waals surface area (Å²) >= 11 is 2.00. The Morgan fingerprint density at radius 3 is 2.62 bits per heavy atom. The molecule has 0 atom stereocenters. The van der Waals surface area contributed by atoms with Crippen LogP contribution < -0.4 is 11.1 Å². The summed E-state index contributed by atoms with van der Waals surface area (Å²) in [5, 5.41) is 4.34. The molecular weight excluding hydrogens is 218 g/mol. The van der Waals surface area contributed by atoms with Gasteiger partial charge in [0.1, 0.15) is 5.82 Å². The van der Waals surface area contributed by atoms with Crippen molar-refractivity contribution in [2.24, 2.45) is 0 Å². The van der Waals surface area contributed by atoms with E-state index in [0.29, 0.717) is 6.04 Å². The lowest BCUT2D eigenvalue weighted by atomic mass is 9.95. The van der Waals surface area contributed by atoms with Crippen LogP contribution in [0.1, 0.15) is 25.7 Å². The molecule has 0 amide bonds. The number of hydrogen-bond donors (Lipinski definition) is 2. The van der Waals surface area contributed by atoms with Gasteiger partial charge in [-0.1, -0.05) is 0 Å². The van der Waals surface area contributed by atoms with Crippen LogP contribution in [0.3, 0.4) is 0 Å². The number of thioether (sulfide) groups is 1. The number of hydrogen-bond acceptors (Lipinski definition) is 4. The van der Waals surface area contributed by atoms with Gasteiger partial charge in [-0.25, -0.2) is 4.98 Å². The number of rotatable bonds is 3. The first-order valence-electron chi connectivity index (χ1n) is 5.79. The second-order valence-corrected chi connectivity index (χ2v) is 5.47. The molecule has 0 unspecified atom stereocenters. The molecule has 1 heterocycles. The van der Waals surface area contributed by atoms with Crippen molar-refractivity contribution in [1.29, 1.82) is 0 Å². The highest BCUT2D eigenvalue weighted by Gasteiger charge is 2.20. The van der Waals surface area contributed by atoms with Crippen LogP contribution in [0, 0.1) is 0 Å². The third kappa shape index (κ3) is 3.04. The fourth-order valence-corrected chi connectivity index (χ4v) is 2.89. The summed E-state index contributed by atoms with van der Waals surface area (Å²) in [5.41, 5.74) is 6.32. The Bertz CT molecular complexity index is 318. The van der Waals surface area contributed by atoms with Crippen molar-refractivity contribution in [2.75, 3.05) is 17.3 Å². The Labute approximate surface area is 101 Å². The van der Waals surface area contributed by atoms with Crippen molar-refractivity contribution in [3.8, 4) is 0 Å². The standard InChI is InChI=1S/C12H19N3S/c1-16-11-5-3-10(4-6-11)15-12-7-2-9(13)8-14-12/h2,7-8,10-11H,3-6,13H2,1H3,(H,14,15). The highest BCUT2D eigenvalue weighted by atomic mass is 32.2. The van der Waals surface area contributed by atoms with Crippen LogP contribution in [0.5, 0.6) is 0 Å². The fourth-order valence-electron chi connectivity index (χ4n) is 2.14. The van der Waals surface area contributed by atoms with E-state index in [4.69, 9.17) is 5.73 Å². The van der Waals surface area contributed by atoms with E-state index in [0.717, 1.165) is 16.8 Å². The van der Waals surface area contributed by atoms with Gasteiger partial charge in [-0.05, 0) is 44.1 Å². The molecule has 1 fully saturated rings. The first-order chi connectivity index (χ1) is 7.78. The maximum absolute atomic E-state index is 5.60. The van der Waals surface area contributed by atoms with Crippen LogP contribution in [0.15, 0.2) is 18.3 Å². The summed E-state index contributed by atoms with van der Waals surface area (Å²) in [5.74, 6) is 0.946. The van der Waals surface area contributed by atoms with Crippen molar-refractivity contribution in [3.63, 3.8) is 0 Å². The minimum atomic E-state index is 0.583. The van der Waals surface area contributed by atoms with Gasteiger partial charge < -0.3 is 11.1 Å². The summed E-state index contributed by atoms with van der Waals surface area (Å²) in [7, 11) is 0. The van der Waals surface area contributed by atoms with Gasteiger partial charge in [0.2, 0.25) is 0 Å². The molecule has 0 radical (unpaired) electrons. The van der Waals surface area contributed by atoms with Crippen LogP contribution in [0.4, 0.5) is 11.5 Å². The molecule has 0 bridgehead atoms. The monoisotopic (exact) mass is 237 g/mol. The highest BCUT2D eigenvalue weighted by molar-refractivity contribution is 7.99. The summed E-state index contributed by atoms with van der Waals surface area (Å²) in [6, 6.07) is 4.43. The number of nitrogens with one attached hydrogen (secondary N) is 1. The van der Waals surface area contributed by atoms with E-state index in [1.165, 1.54) is 25.7 Å². The Balaban J connectivity index is 1.84. The smallest absolute Gasteiger partial charge is 0.126 e. The first kappa shape index (κ1) is 11.6. The van der Waals surface area contributed by atoms with Gasteiger partial charge in [-0.3, -0.25) is 0 Å². The summed E-state index contributed by atoms with van der Waals surface area (Å²) in [6.45, 7) is 0. The maximum atomic E-state index is 5.60. The lowest BCUT2D eigenvalue weighted by molar-refractivity contribution is 0.472. The molecule has 0 saturated heterocycles. The Morgan fingerprint density at radius 2 is 2.06 bits per heavy atom. The number of nitrogen functional groups attached to an aromatic ring is 1. The average molecular weight is 237 g/mol. The molecule has 16 heavy (non-hydrogen) atoms. The van der Waals surface area contributed by atoms with Crippen molar-refractivity contribution >= 4 is 23.3 Å². The molecule has 1 aliphatic carbocycles. The summed E-state index contributed by atoms with van der Waals surface area (Å²) < 4.78 is 0. The molecular formula is C12H19N3S. The predicted molar refractivity (Wildman–Crippen MR) is 71.8 cm³/mol. The number of nitrogens with two attached hydrogens (primary N) is 1. The molecule has 0 aliphatic heterocycles. The van der Waals surface area contributed by atoms with Crippen LogP contribution in [0.2, 0.25) is 0 Å². The zero-order valence-corrected chi connectivity index (χ0v) is 10.5. The van der Waals surface area contributed by atoms with Gasteiger partial charge in [-0.15, -0.1) is 0 Å². The third-order valence-electron chi connectivity index (χ3n) is 3.15. The molecule has 4 heteroatoms. The molecule has 3 N–H and O–H groups in total. The van der Waals surface area contributed by atoms with Crippen molar-refractivity contribution < 1.29 is 0 Å². The van der Waals surface area contributed by atoms with E-state index in [2.05, 4.69) is 16.6 Å². The van der Waals surface area contributed by atoms with Gasteiger partial charge in [0.05, 0.1) is 11.9 Å². The van der Waals surface area contributed by atoms with E-state index in [-0.39, 0.29) is 0 Å². The molecule has 0 spiro atoms. The second-order valence-electron chi connectivity index (χ2n) is 4.33. The van der Waals surface area contributed by atoms with E-state index < -0.39 is 0 Å². The molecule has 88 valence electrons. The number of anilines is 2. The van der Waals surface area contributed by atoms with E-state index >= 15 is 0 Å². The maximum Gasteiger partial charge on any atom is 0.126 e.